The van der Waals surface area contributed by atoms with Gasteiger partial charge in [-0.15, -0.1) is 0 Å². The van der Waals surface area contributed by atoms with Gasteiger partial charge in [0.25, 0.3) is 5.91 Å². The Bertz CT molecular complexity index is 603. The average Bonchev–Trinajstić information content (AvgIpc) is 2.96. The maximum Gasteiger partial charge on any atom is 0.326 e. The SMILES string of the molecule is O=C(O)C1C2CCCC2CN1C(=O)c1ccc(F)cc1O. The van der Waals surface area contributed by atoms with E-state index in [2.05, 4.69) is 0 Å². The second-order valence-corrected chi connectivity index (χ2v) is 5.76. The van der Waals surface area contributed by atoms with Crippen LogP contribution < -0.4 is 0 Å². The minimum absolute atomic E-state index is 0.0194. The lowest BCUT2D eigenvalue weighted by Gasteiger charge is -2.24. The Kier molecular flexibility index (Phi) is 3.31. The molecule has 2 aliphatic rings. The quantitative estimate of drug-likeness (QED) is 0.872. The highest BCUT2D eigenvalue weighted by Gasteiger charge is 2.49. The van der Waals surface area contributed by atoms with E-state index in [1.54, 1.807) is 0 Å². The summed E-state index contributed by atoms with van der Waals surface area (Å²) in [5.74, 6) is -2.47. The third kappa shape index (κ3) is 2.24. The van der Waals surface area contributed by atoms with Crippen LogP contribution in [0, 0.1) is 17.7 Å². The molecule has 0 aromatic heterocycles. The minimum Gasteiger partial charge on any atom is -0.507 e. The molecule has 0 radical (unpaired) electrons. The standard InChI is InChI=1S/C15H16FNO4/c16-9-4-5-11(12(18)6-9)14(19)17-7-8-2-1-3-10(8)13(17)15(20)21/h4-6,8,10,13,18H,1-3,7H2,(H,20,21). The second-order valence-electron chi connectivity index (χ2n) is 5.76. The number of fused-ring (bicyclic) bond motifs is 1. The number of aromatic hydroxyl groups is 1. The molecule has 1 amide bonds. The fourth-order valence-electron chi connectivity index (χ4n) is 3.67. The summed E-state index contributed by atoms with van der Waals surface area (Å²) in [6.07, 6.45) is 2.72. The van der Waals surface area contributed by atoms with Gasteiger partial charge in [0.15, 0.2) is 0 Å². The van der Waals surface area contributed by atoms with Crippen molar-refractivity contribution in [2.24, 2.45) is 11.8 Å². The normalized spacial score (nSPS) is 27.7. The lowest BCUT2D eigenvalue weighted by atomic mass is 9.94. The monoisotopic (exact) mass is 293 g/mol. The summed E-state index contributed by atoms with van der Waals surface area (Å²) in [4.78, 5) is 25.3. The predicted octanol–water partition coefficient (Wildman–Crippen LogP) is 1.86. The molecule has 112 valence electrons. The van der Waals surface area contributed by atoms with Crippen molar-refractivity contribution < 1.29 is 24.2 Å². The van der Waals surface area contributed by atoms with Crippen molar-refractivity contribution in [2.75, 3.05) is 6.54 Å². The molecule has 1 aromatic rings. The lowest BCUT2D eigenvalue weighted by Crippen LogP contribution is -2.43. The summed E-state index contributed by atoms with van der Waals surface area (Å²) < 4.78 is 13.0. The predicted molar refractivity (Wildman–Crippen MR) is 71.4 cm³/mol. The van der Waals surface area contributed by atoms with E-state index in [1.807, 2.05) is 0 Å². The van der Waals surface area contributed by atoms with Gasteiger partial charge in [0, 0.05) is 12.6 Å². The van der Waals surface area contributed by atoms with Crippen LogP contribution in [0.4, 0.5) is 4.39 Å². The van der Waals surface area contributed by atoms with Crippen LogP contribution in [0.2, 0.25) is 0 Å². The zero-order valence-corrected chi connectivity index (χ0v) is 11.3. The largest absolute Gasteiger partial charge is 0.507 e. The van der Waals surface area contributed by atoms with Gasteiger partial charge < -0.3 is 15.1 Å². The molecule has 0 bridgehead atoms. The smallest absolute Gasteiger partial charge is 0.326 e. The van der Waals surface area contributed by atoms with Crippen molar-refractivity contribution in [1.29, 1.82) is 0 Å². The molecule has 6 heteroatoms. The van der Waals surface area contributed by atoms with Crippen LogP contribution in [0.1, 0.15) is 29.6 Å². The highest BCUT2D eigenvalue weighted by molar-refractivity contribution is 5.99. The summed E-state index contributed by atoms with van der Waals surface area (Å²) in [5, 5.41) is 19.1. The number of carbonyl (C=O) groups excluding carboxylic acids is 1. The summed E-state index contributed by atoms with van der Waals surface area (Å²) in [6.45, 7) is 0.386. The van der Waals surface area contributed by atoms with Crippen molar-refractivity contribution in [1.82, 2.24) is 4.90 Å². The Balaban J connectivity index is 1.91. The number of phenols is 1. The Hall–Kier alpha value is -2.11. The molecule has 0 spiro atoms. The molecule has 3 unspecified atom stereocenters. The first-order valence-electron chi connectivity index (χ1n) is 7.01. The number of rotatable bonds is 2. The van der Waals surface area contributed by atoms with Gasteiger partial charge in [-0.05, 0) is 36.8 Å². The van der Waals surface area contributed by atoms with E-state index in [0.717, 1.165) is 31.4 Å². The average molecular weight is 293 g/mol. The van der Waals surface area contributed by atoms with Crippen molar-refractivity contribution >= 4 is 11.9 Å². The van der Waals surface area contributed by atoms with Crippen molar-refractivity contribution in [3.63, 3.8) is 0 Å². The Labute approximate surface area is 121 Å². The number of benzene rings is 1. The van der Waals surface area contributed by atoms with E-state index in [9.17, 15) is 24.2 Å². The first-order chi connectivity index (χ1) is 9.99. The van der Waals surface area contributed by atoms with Gasteiger partial charge in [0.1, 0.15) is 17.6 Å². The van der Waals surface area contributed by atoms with Crippen LogP contribution in [0.5, 0.6) is 5.75 Å². The Morgan fingerprint density at radius 3 is 2.71 bits per heavy atom. The van der Waals surface area contributed by atoms with Gasteiger partial charge in [0.05, 0.1) is 5.56 Å². The topological polar surface area (TPSA) is 77.8 Å². The molecule has 1 heterocycles. The van der Waals surface area contributed by atoms with Gasteiger partial charge in [-0.2, -0.15) is 0 Å². The maximum atomic E-state index is 13.0. The van der Waals surface area contributed by atoms with Crippen LogP contribution in [-0.2, 0) is 4.79 Å². The van der Waals surface area contributed by atoms with Crippen LogP contribution in [0.15, 0.2) is 18.2 Å². The molecule has 2 N–H and O–H groups in total. The summed E-state index contributed by atoms with van der Waals surface area (Å²) >= 11 is 0. The second kappa shape index (κ2) is 5.02. The molecule has 1 aliphatic heterocycles. The molecule has 5 nitrogen and oxygen atoms in total. The van der Waals surface area contributed by atoms with E-state index in [1.165, 1.54) is 11.0 Å². The summed E-state index contributed by atoms with van der Waals surface area (Å²) in [5.41, 5.74) is -0.0531. The minimum atomic E-state index is -1.01. The summed E-state index contributed by atoms with van der Waals surface area (Å²) in [7, 11) is 0. The molecule has 1 saturated carbocycles. The highest BCUT2D eigenvalue weighted by Crippen LogP contribution is 2.43. The number of nitrogens with zero attached hydrogens (tertiary/aromatic N) is 1. The van der Waals surface area contributed by atoms with Crippen LogP contribution in [0.25, 0.3) is 0 Å². The number of halogens is 1. The first kappa shape index (κ1) is 13.9. The molecule has 1 saturated heterocycles. The molecular formula is C15H16FNO4. The number of carbonyl (C=O) groups is 2. The first-order valence-corrected chi connectivity index (χ1v) is 7.01. The highest BCUT2D eigenvalue weighted by atomic mass is 19.1. The van der Waals surface area contributed by atoms with E-state index in [0.29, 0.717) is 6.54 Å². The summed E-state index contributed by atoms with van der Waals surface area (Å²) in [6, 6.07) is 2.29. The fraction of sp³-hybridized carbons (Fsp3) is 0.467. The van der Waals surface area contributed by atoms with Crippen LogP contribution in [0.3, 0.4) is 0 Å². The Morgan fingerprint density at radius 2 is 2.05 bits per heavy atom. The number of hydrogen-bond acceptors (Lipinski definition) is 3. The number of phenolic OH excluding ortho intramolecular Hbond substituents is 1. The molecule has 3 atom stereocenters. The number of carboxylic acids is 1. The zero-order chi connectivity index (χ0) is 15.1. The van der Waals surface area contributed by atoms with E-state index >= 15 is 0 Å². The third-order valence-corrected chi connectivity index (χ3v) is 4.59. The molecule has 1 aromatic carbocycles. The molecule has 2 fully saturated rings. The van der Waals surface area contributed by atoms with Crippen molar-refractivity contribution in [3.8, 4) is 5.75 Å². The number of aliphatic carboxylic acids is 1. The third-order valence-electron chi connectivity index (χ3n) is 4.59. The maximum absolute atomic E-state index is 13.0. The van der Waals surface area contributed by atoms with Gasteiger partial charge in [-0.1, -0.05) is 6.42 Å². The molecule has 1 aliphatic carbocycles. The van der Waals surface area contributed by atoms with Gasteiger partial charge in [-0.25, -0.2) is 9.18 Å². The molecule has 3 rings (SSSR count). The fourth-order valence-corrected chi connectivity index (χ4v) is 3.67. The number of likely N-dealkylation sites (tertiary alicyclic amines) is 1. The van der Waals surface area contributed by atoms with Crippen LogP contribution >= 0.6 is 0 Å². The lowest BCUT2D eigenvalue weighted by molar-refractivity contribution is -0.142. The van der Waals surface area contributed by atoms with Gasteiger partial charge in [0.2, 0.25) is 0 Å². The van der Waals surface area contributed by atoms with Gasteiger partial charge in [-0.3, -0.25) is 4.79 Å². The van der Waals surface area contributed by atoms with Crippen molar-refractivity contribution in [3.05, 3.63) is 29.6 Å². The van der Waals surface area contributed by atoms with Crippen LogP contribution in [-0.4, -0.2) is 39.6 Å². The molecular weight excluding hydrogens is 277 g/mol. The number of amides is 1. The van der Waals surface area contributed by atoms with E-state index in [4.69, 9.17) is 0 Å². The van der Waals surface area contributed by atoms with E-state index < -0.39 is 29.5 Å². The van der Waals surface area contributed by atoms with E-state index in [-0.39, 0.29) is 17.4 Å². The molecule has 21 heavy (non-hydrogen) atoms. The number of carboxylic acid groups (broad SMARTS) is 1. The number of hydrogen-bond donors (Lipinski definition) is 2. The van der Waals surface area contributed by atoms with Crippen molar-refractivity contribution in [2.45, 2.75) is 25.3 Å². The van der Waals surface area contributed by atoms with Gasteiger partial charge >= 0.3 is 5.97 Å². The Morgan fingerprint density at radius 1 is 1.29 bits per heavy atom. The zero-order valence-electron chi connectivity index (χ0n) is 11.3.